The highest BCUT2D eigenvalue weighted by atomic mass is 32.2. The van der Waals surface area contributed by atoms with E-state index in [1.165, 1.54) is 38.0 Å². The van der Waals surface area contributed by atoms with Gasteiger partial charge >= 0.3 is 0 Å². The molecule has 0 radical (unpaired) electrons. The average Bonchev–Trinajstić information content (AvgIpc) is 3.73. The van der Waals surface area contributed by atoms with Gasteiger partial charge in [-0.3, -0.25) is 4.99 Å². The number of thioether (sulfide) groups is 4. The van der Waals surface area contributed by atoms with Gasteiger partial charge in [0.15, 0.2) is 0 Å². The highest BCUT2D eigenvalue weighted by molar-refractivity contribution is 8.45. The Morgan fingerprint density at radius 3 is 2.11 bits per heavy atom. The lowest BCUT2D eigenvalue weighted by Crippen LogP contribution is -2.23. The summed E-state index contributed by atoms with van der Waals surface area (Å²) in [4.78, 5) is 20.4. The largest absolute Gasteiger partial charge is 0.265 e. The summed E-state index contributed by atoms with van der Waals surface area (Å²) in [6.07, 6.45) is 15.4. The molecule has 0 amide bonds. The van der Waals surface area contributed by atoms with Crippen LogP contribution >= 0.6 is 47.0 Å². The Hall–Kier alpha value is -2.00. The normalized spacial score (nSPS) is 33.7. The Morgan fingerprint density at radius 2 is 1.33 bits per heavy atom. The molecule has 0 N–H and O–H groups in total. The molecule has 8 heteroatoms. The molecule has 1 aromatic heterocycles. The minimum Gasteiger partial charge on any atom is -0.265 e. The van der Waals surface area contributed by atoms with E-state index >= 15 is 0 Å². The molecule has 1 fully saturated rings. The average molecular weight is 539 g/mol. The second-order valence-electron chi connectivity index (χ2n) is 10.6. The number of rotatable bonds is 0. The molecule has 1 aromatic carbocycles. The van der Waals surface area contributed by atoms with E-state index in [2.05, 4.69) is 42.5 Å². The Morgan fingerprint density at radius 1 is 0.694 bits per heavy atom. The molecule has 4 nitrogen and oxygen atoms in total. The van der Waals surface area contributed by atoms with Crippen LogP contribution in [-0.2, 0) is 0 Å². The Kier molecular flexibility index (Phi) is 3.84. The van der Waals surface area contributed by atoms with Gasteiger partial charge in [-0.2, -0.15) is 0 Å². The van der Waals surface area contributed by atoms with Crippen LogP contribution in [-0.4, -0.2) is 26.1 Å². The predicted molar refractivity (Wildman–Crippen MR) is 152 cm³/mol. The number of benzene rings is 1. The fourth-order valence-electron chi connectivity index (χ4n) is 6.99. The standard InChI is InChI=1S/C28H18N4S4/c1-2-12-5-11(1)15-7-19-20(8-16(12)15)30-24-23(29-19)33-27(34-24)28-35-25-26(36-28)32-22-10-18-14-4-3-13(6-14)17(18)9-21(22)31-25/h1-4,7-9,11-14,22H,5-6,10H2. The molecule has 3 aliphatic heterocycles. The maximum atomic E-state index is 5.19. The van der Waals surface area contributed by atoms with Crippen molar-refractivity contribution in [3.8, 4) is 0 Å². The van der Waals surface area contributed by atoms with Crippen LogP contribution in [0.3, 0.4) is 0 Å². The van der Waals surface area contributed by atoms with Crippen LogP contribution in [0.15, 0.2) is 87.9 Å². The van der Waals surface area contributed by atoms with Gasteiger partial charge in [-0.05, 0) is 60.1 Å². The van der Waals surface area contributed by atoms with E-state index in [9.17, 15) is 0 Å². The SMILES string of the molecule is C1=CC2CC1C1=C2CC2N=C3SC(=C4Sc5nc6cc7c(cc6nc5S4)C4C=CC7C4)SC3=NC2=C1. The molecule has 10 rings (SSSR count). The zero-order valence-electron chi connectivity index (χ0n) is 19.0. The third-order valence-corrected chi connectivity index (χ3v) is 13.9. The van der Waals surface area contributed by atoms with Crippen molar-refractivity contribution in [2.24, 2.45) is 21.8 Å². The van der Waals surface area contributed by atoms with E-state index in [0.717, 1.165) is 43.3 Å². The van der Waals surface area contributed by atoms with Crippen LogP contribution in [0.4, 0.5) is 0 Å². The van der Waals surface area contributed by atoms with Crippen LogP contribution in [0.2, 0.25) is 0 Å². The molecule has 2 aromatic rings. The molecule has 36 heavy (non-hydrogen) atoms. The maximum absolute atomic E-state index is 5.19. The van der Waals surface area contributed by atoms with Crippen molar-refractivity contribution in [1.82, 2.24) is 9.97 Å². The third kappa shape index (κ3) is 2.64. The highest BCUT2D eigenvalue weighted by Gasteiger charge is 2.41. The molecule has 0 saturated carbocycles. The van der Waals surface area contributed by atoms with E-state index in [1.807, 2.05) is 0 Å². The smallest absolute Gasteiger partial charge is 0.135 e. The van der Waals surface area contributed by atoms with Crippen LogP contribution < -0.4 is 0 Å². The number of nitrogens with zero attached hydrogens (tertiary/aromatic N) is 4. The molecular weight excluding hydrogens is 521 g/mol. The van der Waals surface area contributed by atoms with Crippen LogP contribution in [0.5, 0.6) is 0 Å². The summed E-state index contributed by atoms with van der Waals surface area (Å²) in [7, 11) is 0. The molecule has 0 spiro atoms. The highest BCUT2D eigenvalue weighted by Crippen LogP contribution is 2.59. The number of aliphatic imine (C=N–C) groups is 2. The number of hydrogen-bond acceptors (Lipinski definition) is 8. The molecule has 5 aliphatic carbocycles. The van der Waals surface area contributed by atoms with Crippen molar-refractivity contribution in [3.63, 3.8) is 0 Å². The summed E-state index contributed by atoms with van der Waals surface area (Å²) in [6.45, 7) is 0. The molecule has 4 bridgehead atoms. The summed E-state index contributed by atoms with van der Waals surface area (Å²) in [5.41, 5.74) is 9.28. The summed E-state index contributed by atoms with van der Waals surface area (Å²) in [5.74, 6) is 2.40. The number of fused-ring (bicyclic) bond motifs is 13. The van der Waals surface area contributed by atoms with Gasteiger partial charge in [0, 0.05) is 17.8 Å². The zero-order valence-corrected chi connectivity index (χ0v) is 22.2. The lowest BCUT2D eigenvalue weighted by Gasteiger charge is -2.27. The zero-order chi connectivity index (χ0) is 23.1. The van der Waals surface area contributed by atoms with Gasteiger partial charge in [0.05, 0.1) is 31.2 Å². The van der Waals surface area contributed by atoms with Gasteiger partial charge < -0.3 is 0 Å². The van der Waals surface area contributed by atoms with Gasteiger partial charge in [0.1, 0.15) is 20.1 Å². The summed E-state index contributed by atoms with van der Waals surface area (Å²) in [5, 5.41) is 4.23. The summed E-state index contributed by atoms with van der Waals surface area (Å²) in [6, 6.07) is 4.78. The number of aromatic nitrogens is 2. The van der Waals surface area contributed by atoms with Gasteiger partial charge in [-0.15, -0.1) is 0 Å². The third-order valence-electron chi connectivity index (χ3n) is 8.66. The molecule has 8 aliphatic rings. The lowest BCUT2D eigenvalue weighted by atomic mass is 9.86. The van der Waals surface area contributed by atoms with Crippen molar-refractivity contribution < 1.29 is 0 Å². The Balaban J connectivity index is 0.977. The molecule has 1 saturated heterocycles. The fourth-order valence-corrected chi connectivity index (χ4v) is 12.0. The van der Waals surface area contributed by atoms with E-state index in [-0.39, 0.29) is 6.04 Å². The van der Waals surface area contributed by atoms with Crippen molar-refractivity contribution in [2.45, 2.75) is 47.2 Å². The van der Waals surface area contributed by atoms with E-state index in [1.54, 1.807) is 52.6 Å². The monoisotopic (exact) mass is 538 g/mol. The van der Waals surface area contributed by atoms with Crippen LogP contribution in [0.25, 0.3) is 11.0 Å². The van der Waals surface area contributed by atoms with Crippen LogP contribution in [0, 0.1) is 11.8 Å². The molecular formula is C28H18N4S4. The van der Waals surface area contributed by atoms with Gasteiger partial charge in [-0.1, -0.05) is 76.9 Å². The van der Waals surface area contributed by atoms with Gasteiger partial charge in [0.2, 0.25) is 0 Å². The molecule has 5 unspecified atom stereocenters. The lowest BCUT2D eigenvalue weighted by molar-refractivity contribution is 0.662. The number of allylic oxidation sites excluding steroid dienone is 6. The first-order valence-electron chi connectivity index (χ1n) is 12.5. The number of hydrogen-bond donors (Lipinski definition) is 0. The van der Waals surface area contributed by atoms with Crippen molar-refractivity contribution in [1.29, 1.82) is 0 Å². The maximum Gasteiger partial charge on any atom is 0.135 e. The van der Waals surface area contributed by atoms with Crippen molar-refractivity contribution in [3.05, 3.63) is 79.0 Å². The first-order valence-corrected chi connectivity index (χ1v) is 15.8. The molecule has 4 heterocycles. The quantitative estimate of drug-likeness (QED) is 0.323. The van der Waals surface area contributed by atoms with E-state index in [4.69, 9.17) is 20.0 Å². The summed E-state index contributed by atoms with van der Waals surface area (Å²) < 4.78 is 2.54. The topological polar surface area (TPSA) is 50.5 Å². The minimum absolute atomic E-state index is 0.189. The van der Waals surface area contributed by atoms with Gasteiger partial charge in [-0.25, -0.2) is 15.0 Å². The predicted octanol–water partition coefficient (Wildman–Crippen LogP) is 7.54. The summed E-state index contributed by atoms with van der Waals surface area (Å²) >= 11 is 7.09. The van der Waals surface area contributed by atoms with Crippen molar-refractivity contribution in [2.75, 3.05) is 0 Å². The van der Waals surface area contributed by atoms with E-state index < -0.39 is 0 Å². The molecule has 5 atom stereocenters. The Labute approximate surface area is 225 Å². The van der Waals surface area contributed by atoms with E-state index in [0.29, 0.717) is 23.7 Å². The fraction of sp³-hybridized carbons (Fsp3) is 0.286. The van der Waals surface area contributed by atoms with Crippen LogP contribution in [0.1, 0.15) is 42.2 Å². The molecule has 174 valence electrons. The van der Waals surface area contributed by atoms with Gasteiger partial charge in [0.25, 0.3) is 0 Å². The minimum atomic E-state index is 0.189. The second kappa shape index (κ2) is 6.90. The van der Waals surface area contributed by atoms with Crippen molar-refractivity contribution >= 4 is 68.2 Å². The first kappa shape index (κ1) is 20.0. The first-order chi connectivity index (χ1) is 17.7. The second-order valence-corrected chi connectivity index (χ2v) is 15.1. The Bertz CT molecular complexity index is 1640.